The van der Waals surface area contributed by atoms with Crippen LogP contribution < -0.4 is 11.1 Å². The number of hydrogen-bond donors (Lipinski definition) is 2. The van der Waals surface area contributed by atoms with Crippen LogP contribution in [0.4, 0.5) is 13.2 Å². The zero-order chi connectivity index (χ0) is 17.5. The maximum atomic E-state index is 12.5. The van der Waals surface area contributed by atoms with Gasteiger partial charge in [-0.2, -0.15) is 13.2 Å². The van der Waals surface area contributed by atoms with Crippen LogP contribution in [-0.4, -0.2) is 18.5 Å². The monoisotopic (exact) mass is 330 g/mol. The quantitative estimate of drug-likeness (QED) is 0.761. The molecule has 0 saturated carbocycles. The van der Waals surface area contributed by atoms with Gasteiger partial charge in [-0.1, -0.05) is 38.8 Å². The van der Waals surface area contributed by atoms with E-state index in [0.717, 1.165) is 31.4 Å². The highest BCUT2D eigenvalue weighted by atomic mass is 19.4. The zero-order valence-electron chi connectivity index (χ0n) is 13.6. The molecule has 130 valence electrons. The van der Waals surface area contributed by atoms with Crippen LogP contribution in [-0.2, 0) is 11.0 Å². The van der Waals surface area contributed by atoms with Crippen LogP contribution in [0, 0.1) is 0 Å². The van der Waals surface area contributed by atoms with E-state index >= 15 is 0 Å². The molecule has 3 N–H and O–H groups in total. The zero-order valence-corrected chi connectivity index (χ0v) is 13.6. The number of amides is 1. The number of carbonyl (C=O) groups is 1. The Balaban J connectivity index is 2.57. The molecule has 1 aromatic rings. The molecule has 0 heterocycles. The summed E-state index contributed by atoms with van der Waals surface area (Å²) < 4.78 is 37.6. The molecule has 0 bridgehead atoms. The molecule has 1 rings (SSSR count). The third-order valence-electron chi connectivity index (χ3n) is 3.85. The van der Waals surface area contributed by atoms with E-state index in [1.807, 2.05) is 6.92 Å². The van der Waals surface area contributed by atoms with Crippen molar-refractivity contribution in [3.63, 3.8) is 0 Å². The average molecular weight is 330 g/mol. The van der Waals surface area contributed by atoms with E-state index in [0.29, 0.717) is 12.1 Å². The lowest BCUT2D eigenvalue weighted by Gasteiger charge is -2.18. The van der Waals surface area contributed by atoms with Crippen molar-refractivity contribution in [2.75, 3.05) is 6.54 Å². The van der Waals surface area contributed by atoms with Gasteiger partial charge in [0.2, 0.25) is 5.91 Å². The van der Waals surface area contributed by atoms with Crippen LogP contribution in [0.1, 0.15) is 56.6 Å². The van der Waals surface area contributed by atoms with Crippen LogP contribution in [0.3, 0.4) is 0 Å². The fraction of sp³-hybridized carbons (Fsp3) is 0.588. The summed E-state index contributed by atoms with van der Waals surface area (Å²) in [5.41, 5.74) is 5.67. The summed E-state index contributed by atoms with van der Waals surface area (Å²) in [5, 5.41) is 2.89. The van der Waals surface area contributed by atoms with Crippen molar-refractivity contribution in [2.45, 2.75) is 57.7 Å². The Morgan fingerprint density at radius 1 is 1.26 bits per heavy atom. The summed E-state index contributed by atoms with van der Waals surface area (Å²) in [6.45, 7) is 4.29. The summed E-state index contributed by atoms with van der Waals surface area (Å²) >= 11 is 0. The second-order valence-corrected chi connectivity index (χ2v) is 5.87. The van der Waals surface area contributed by atoms with Gasteiger partial charge in [0.05, 0.1) is 5.56 Å². The minimum atomic E-state index is -4.34. The van der Waals surface area contributed by atoms with Gasteiger partial charge in [0, 0.05) is 19.0 Å². The molecule has 0 aliphatic rings. The molecular weight excluding hydrogens is 305 g/mol. The first kappa shape index (κ1) is 19.5. The number of benzene rings is 1. The van der Waals surface area contributed by atoms with Crippen LogP contribution in [0.25, 0.3) is 0 Å². The van der Waals surface area contributed by atoms with Crippen LogP contribution in [0.2, 0.25) is 0 Å². The molecule has 23 heavy (non-hydrogen) atoms. The van der Waals surface area contributed by atoms with E-state index in [4.69, 9.17) is 5.73 Å². The lowest BCUT2D eigenvalue weighted by Crippen LogP contribution is -2.40. The maximum absolute atomic E-state index is 12.5. The van der Waals surface area contributed by atoms with E-state index in [1.165, 1.54) is 12.1 Å². The molecule has 0 aliphatic carbocycles. The number of hydrogen-bond acceptors (Lipinski definition) is 2. The van der Waals surface area contributed by atoms with Gasteiger partial charge in [-0.05, 0) is 30.0 Å². The Hall–Kier alpha value is -1.56. The minimum Gasteiger partial charge on any atom is -0.352 e. The number of nitrogens with two attached hydrogens (primary N) is 1. The Morgan fingerprint density at radius 2 is 1.87 bits per heavy atom. The number of halogens is 3. The Labute approximate surface area is 135 Å². The molecule has 2 unspecified atom stereocenters. The van der Waals surface area contributed by atoms with E-state index < -0.39 is 11.7 Å². The third kappa shape index (κ3) is 6.60. The van der Waals surface area contributed by atoms with Gasteiger partial charge < -0.3 is 11.1 Å². The first-order valence-electron chi connectivity index (χ1n) is 7.94. The van der Waals surface area contributed by atoms with Crippen molar-refractivity contribution in [1.82, 2.24) is 5.32 Å². The molecule has 3 nitrogen and oxygen atoms in total. The molecule has 0 radical (unpaired) electrons. The number of rotatable bonds is 8. The Bertz CT molecular complexity index is 486. The number of alkyl halides is 3. The molecule has 0 aromatic heterocycles. The van der Waals surface area contributed by atoms with E-state index in [1.54, 1.807) is 0 Å². The van der Waals surface area contributed by atoms with Crippen molar-refractivity contribution in [1.29, 1.82) is 0 Å². The summed E-state index contributed by atoms with van der Waals surface area (Å²) in [6, 6.07) is 4.92. The summed E-state index contributed by atoms with van der Waals surface area (Å²) in [5.74, 6) is -0.272. The maximum Gasteiger partial charge on any atom is 0.416 e. The molecule has 0 spiro atoms. The fourth-order valence-electron chi connectivity index (χ4n) is 2.38. The highest BCUT2D eigenvalue weighted by molar-refractivity contribution is 5.77. The smallest absolute Gasteiger partial charge is 0.352 e. The van der Waals surface area contributed by atoms with Crippen LogP contribution >= 0.6 is 0 Å². The summed E-state index contributed by atoms with van der Waals surface area (Å²) in [6.07, 6.45) is -1.24. The first-order chi connectivity index (χ1) is 10.8. The Morgan fingerprint density at radius 3 is 2.35 bits per heavy atom. The normalized spacial score (nSPS) is 14.3. The lowest BCUT2D eigenvalue weighted by molar-refractivity contribution is -0.137. The van der Waals surface area contributed by atoms with Gasteiger partial charge in [0.1, 0.15) is 0 Å². The number of carbonyl (C=O) groups excluding carboxylic acids is 1. The molecule has 6 heteroatoms. The van der Waals surface area contributed by atoms with Gasteiger partial charge >= 0.3 is 6.18 Å². The van der Waals surface area contributed by atoms with Crippen LogP contribution in [0.5, 0.6) is 0 Å². The topological polar surface area (TPSA) is 55.1 Å². The molecule has 0 aliphatic heterocycles. The highest BCUT2D eigenvalue weighted by Crippen LogP contribution is 2.30. The van der Waals surface area contributed by atoms with E-state index in [2.05, 4.69) is 12.2 Å². The molecule has 1 aromatic carbocycles. The predicted octanol–water partition coefficient (Wildman–Crippen LogP) is 3.83. The average Bonchev–Trinajstić information content (AvgIpc) is 2.50. The third-order valence-corrected chi connectivity index (χ3v) is 3.85. The first-order valence-corrected chi connectivity index (χ1v) is 7.94. The van der Waals surface area contributed by atoms with Crippen molar-refractivity contribution in [3.05, 3.63) is 35.4 Å². The van der Waals surface area contributed by atoms with Crippen molar-refractivity contribution < 1.29 is 18.0 Å². The SMILES string of the molecule is CCCCC(CN)NC(=O)CC(C)c1ccc(C(F)(F)F)cc1. The molecule has 2 atom stereocenters. The van der Waals surface area contributed by atoms with Crippen molar-refractivity contribution in [2.24, 2.45) is 5.73 Å². The minimum absolute atomic E-state index is 0.0396. The number of unbranched alkanes of at least 4 members (excludes halogenated alkanes) is 1. The van der Waals surface area contributed by atoms with Gasteiger partial charge in [-0.15, -0.1) is 0 Å². The highest BCUT2D eigenvalue weighted by Gasteiger charge is 2.30. The summed E-state index contributed by atoms with van der Waals surface area (Å²) in [7, 11) is 0. The van der Waals surface area contributed by atoms with Crippen molar-refractivity contribution >= 4 is 5.91 Å². The largest absolute Gasteiger partial charge is 0.416 e. The second-order valence-electron chi connectivity index (χ2n) is 5.87. The van der Waals surface area contributed by atoms with E-state index in [9.17, 15) is 18.0 Å². The molecular formula is C17H25F3N2O. The standard InChI is InChI=1S/C17H25F3N2O/c1-3-4-5-15(11-21)22-16(23)10-12(2)13-6-8-14(9-7-13)17(18,19)20/h6-9,12,15H,3-5,10-11,21H2,1-2H3,(H,22,23). The lowest BCUT2D eigenvalue weighted by atomic mass is 9.96. The van der Waals surface area contributed by atoms with Gasteiger partial charge in [0.25, 0.3) is 0 Å². The molecule has 0 fully saturated rings. The fourth-order valence-corrected chi connectivity index (χ4v) is 2.38. The van der Waals surface area contributed by atoms with Gasteiger partial charge in [-0.3, -0.25) is 4.79 Å². The molecule has 0 saturated heterocycles. The predicted molar refractivity (Wildman–Crippen MR) is 85.0 cm³/mol. The summed E-state index contributed by atoms with van der Waals surface area (Å²) in [4.78, 5) is 12.0. The number of nitrogens with one attached hydrogen (secondary N) is 1. The van der Waals surface area contributed by atoms with E-state index in [-0.39, 0.29) is 24.3 Å². The van der Waals surface area contributed by atoms with Gasteiger partial charge in [-0.25, -0.2) is 0 Å². The molecule has 1 amide bonds. The van der Waals surface area contributed by atoms with Crippen molar-refractivity contribution in [3.8, 4) is 0 Å². The second kappa shape index (κ2) is 8.91. The Kier molecular flexibility index (Phi) is 7.55. The van der Waals surface area contributed by atoms with Gasteiger partial charge in [0.15, 0.2) is 0 Å². The van der Waals surface area contributed by atoms with Crippen LogP contribution in [0.15, 0.2) is 24.3 Å².